The first kappa shape index (κ1) is 23.6. The number of anilines is 1. The van der Waals surface area contributed by atoms with Crippen LogP contribution in [0.15, 0.2) is 65.9 Å². The molecule has 0 amide bonds. The summed E-state index contributed by atoms with van der Waals surface area (Å²) >= 11 is 0. The molecule has 1 aromatic heterocycles. The Kier molecular flexibility index (Phi) is 10.1. The molecule has 160 valence electrons. The smallest absolute Gasteiger partial charge is 0.195 e. The first-order valence-electron chi connectivity index (χ1n) is 9.44. The van der Waals surface area contributed by atoms with Gasteiger partial charge in [-0.15, -0.1) is 34.2 Å². The molecule has 0 saturated heterocycles. The Balaban J connectivity index is 0.00000320. The van der Waals surface area contributed by atoms with Crippen molar-refractivity contribution >= 4 is 35.6 Å². The zero-order valence-electron chi connectivity index (χ0n) is 17.1. The molecule has 0 unspecified atom stereocenters. The molecule has 0 fully saturated rings. The summed E-state index contributed by atoms with van der Waals surface area (Å²) in [5, 5.41) is 14.8. The Bertz CT molecular complexity index is 917. The fourth-order valence-corrected chi connectivity index (χ4v) is 2.72. The van der Waals surface area contributed by atoms with E-state index in [4.69, 9.17) is 9.47 Å². The van der Waals surface area contributed by atoms with Gasteiger partial charge in [0, 0.05) is 44.6 Å². The third-order valence-corrected chi connectivity index (χ3v) is 4.15. The standard InChI is InChI=1S/C21H26N6O2.HI/c1-22-21(25-17-8-6-11-19(14-17)29-13-7-12-28-2)23-15-20-26-24-16-27(20)18-9-4-3-5-10-18;/h3-6,8-11,14,16H,7,12-13,15H2,1-2H3,(H2,22,23,25);1H. The summed E-state index contributed by atoms with van der Waals surface area (Å²) < 4.78 is 12.7. The average Bonchev–Trinajstić information content (AvgIpc) is 3.24. The van der Waals surface area contributed by atoms with Crippen molar-refractivity contribution in [2.75, 3.05) is 32.7 Å². The number of aliphatic imine (C=N–C) groups is 1. The molecule has 3 aromatic rings. The van der Waals surface area contributed by atoms with Crippen LogP contribution in [0.5, 0.6) is 5.75 Å². The Hall–Kier alpha value is -2.66. The summed E-state index contributed by atoms with van der Waals surface area (Å²) in [7, 11) is 3.41. The average molecular weight is 522 g/mol. The molecule has 0 aliphatic carbocycles. The molecule has 1 heterocycles. The second-order valence-electron chi connectivity index (χ2n) is 6.23. The second-order valence-corrected chi connectivity index (χ2v) is 6.23. The molecule has 30 heavy (non-hydrogen) atoms. The number of nitrogens with zero attached hydrogens (tertiary/aromatic N) is 4. The first-order valence-corrected chi connectivity index (χ1v) is 9.44. The van der Waals surface area contributed by atoms with Crippen molar-refractivity contribution in [1.29, 1.82) is 0 Å². The molecule has 3 rings (SSSR count). The lowest BCUT2D eigenvalue weighted by molar-refractivity contribution is 0.172. The van der Waals surface area contributed by atoms with Crippen molar-refractivity contribution in [1.82, 2.24) is 20.1 Å². The second kappa shape index (κ2) is 12.8. The number of guanidine groups is 1. The molecule has 0 spiro atoms. The summed E-state index contributed by atoms with van der Waals surface area (Å²) in [5.74, 6) is 2.21. The fourth-order valence-electron chi connectivity index (χ4n) is 2.72. The van der Waals surface area contributed by atoms with Gasteiger partial charge in [0.15, 0.2) is 11.8 Å². The van der Waals surface area contributed by atoms with Gasteiger partial charge in [-0.1, -0.05) is 24.3 Å². The highest BCUT2D eigenvalue weighted by atomic mass is 127. The normalized spacial score (nSPS) is 10.9. The van der Waals surface area contributed by atoms with E-state index in [1.54, 1.807) is 20.5 Å². The molecule has 0 saturated carbocycles. The Morgan fingerprint density at radius 2 is 1.93 bits per heavy atom. The number of aromatic nitrogens is 3. The van der Waals surface area contributed by atoms with Crippen LogP contribution in [0.25, 0.3) is 5.69 Å². The quantitative estimate of drug-likeness (QED) is 0.194. The minimum Gasteiger partial charge on any atom is -0.493 e. The van der Waals surface area contributed by atoms with Gasteiger partial charge < -0.3 is 20.1 Å². The fraction of sp³-hybridized carbons (Fsp3) is 0.286. The minimum atomic E-state index is 0. The highest BCUT2D eigenvalue weighted by Crippen LogP contribution is 2.17. The van der Waals surface area contributed by atoms with Crippen LogP contribution in [0.2, 0.25) is 0 Å². The van der Waals surface area contributed by atoms with E-state index >= 15 is 0 Å². The Morgan fingerprint density at radius 3 is 2.70 bits per heavy atom. The van der Waals surface area contributed by atoms with Crippen molar-refractivity contribution in [2.45, 2.75) is 13.0 Å². The molecule has 8 nitrogen and oxygen atoms in total. The predicted molar refractivity (Wildman–Crippen MR) is 129 cm³/mol. The van der Waals surface area contributed by atoms with Gasteiger partial charge in [-0.25, -0.2) is 0 Å². The van der Waals surface area contributed by atoms with Crippen molar-refractivity contribution < 1.29 is 9.47 Å². The van der Waals surface area contributed by atoms with E-state index in [0.717, 1.165) is 29.4 Å². The zero-order chi connectivity index (χ0) is 20.3. The third kappa shape index (κ3) is 6.99. The van der Waals surface area contributed by atoms with E-state index in [2.05, 4.69) is 25.8 Å². The van der Waals surface area contributed by atoms with Gasteiger partial charge in [-0.3, -0.25) is 9.56 Å². The third-order valence-electron chi connectivity index (χ3n) is 4.15. The number of rotatable bonds is 9. The van der Waals surface area contributed by atoms with Crippen LogP contribution in [0.1, 0.15) is 12.2 Å². The molecule has 0 aliphatic rings. The van der Waals surface area contributed by atoms with E-state index in [-0.39, 0.29) is 24.0 Å². The summed E-state index contributed by atoms with van der Waals surface area (Å²) in [6.45, 7) is 1.77. The van der Waals surface area contributed by atoms with E-state index in [1.807, 2.05) is 59.2 Å². The maximum atomic E-state index is 5.75. The van der Waals surface area contributed by atoms with Crippen LogP contribution < -0.4 is 15.4 Å². The Labute approximate surface area is 193 Å². The van der Waals surface area contributed by atoms with E-state index in [1.165, 1.54) is 0 Å². The van der Waals surface area contributed by atoms with Gasteiger partial charge in [0.2, 0.25) is 0 Å². The molecule has 9 heteroatoms. The van der Waals surface area contributed by atoms with Crippen molar-refractivity contribution in [3.63, 3.8) is 0 Å². The van der Waals surface area contributed by atoms with E-state index in [9.17, 15) is 0 Å². The zero-order valence-corrected chi connectivity index (χ0v) is 19.4. The van der Waals surface area contributed by atoms with Gasteiger partial charge in [-0.05, 0) is 24.3 Å². The topological polar surface area (TPSA) is 85.6 Å². The number of hydrogen-bond donors (Lipinski definition) is 2. The maximum Gasteiger partial charge on any atom is 0.195 e. The molecule has 0 radical (unpaired) electrons. The SMILES string of the molecule is CN=C(NCc1nncn1-c1ccccc1)Nc1cccc(OCCCOC)c1.I. The number of ether oxygens (including phenoxy) is 2. The van der Waals surface area contributed by atoms with Crippen LogP contribution in [0.4, 0.5) is 5.69 Å². The maximum absolute atomic E-state index is 5.75. The monoisotopic (exact) mass is 522 g/mol. The lowest BCUT2D eigenvalue weighted by Crippen LogP contribution is -2.31. The number of methoxy groups -OCH3 is 1. The van der Waals surface area contributed by atoms with Crippen LogP contribution in [-0.2, 0) is 11.3 Å². The number of nitrogens with one attached hydrogen (secondary N) is 2. The summed E-state index contributed by atoms with van der Waals surface area (Å²) in [6.07, 6.45) is 2.55. The van der Waals surface area contributed by atoms with Crippen LogP contribution in [-0.4, -0.2) is 48.1 Å². The van der Waals surface area contributed by atoms with Gasteiger partial charge in [0.1, 0.15) is 12.1 Å². The lowest BCUT2D eigenvalue weighted by Gasteiger charge is -2.13. The molecule has 0 atom stereocenters. The first-order chi connectivity index (χ1) is 14.3. The minimum absolute atomic E-state index is 0. The highest BCUT2D eigenvalue weighted by molar-refractivity contribution is 14.0. The molecule has 0 bridgehead atoms. The van der Waals surface area contributed by atoms with Gasteiger partial charge in [0.25, 0.3) is 0 Å². The van der Waals surface area contributed by atoms with Gasteiger partial charge >= 0.3 is 0 Å². The van der Waals surface area contributed by atoms with Crippen molar-refractivity contribution in [2.24, 2.45) is 4.99 Å². The van der Waals surface area contributed by atoms with Crippen molar-refractivity contribution in [3.8, 4) is 11.4 Å². The largest absolute Gasteiger partial charge is 0.493 e. The molecule has 2 N–H and O–H groups in total. The van der Waals surface area contributed by atoms with E-state index < -0.39 is 0 Å². The molecule has 2 aromatic carbocycles. The predicted octanol–water partition coefficient (Wildman–Crippen LogP) is 3.49. The van der Waals surface area contributed by atoms with Crippen LogP contribution in [0, 0.1) is 0 Å². The molecular weight excluding hydrogens is 495 g/mol. The number of hydrogen-bond acceptors (Lipinski definition) is 5. The molecule has 0 aliphatic heterocycles. The van der Waals surface area contributed by atoms with Crippen LogP contribution >= 0.6 is 24.0 Å². The summed E-state index contributed by atoms with van der Waals surface area (Å²) in [5.41, 5.74) is 1.89. The van der Waals surface area contributed by atoms with E-state index in [0.29, 0.717) is 25.7 Å². The summed E-state index contributed by atoms with van der Waals surface area (Å²) in [6, 6.07) is 17.7. The highest BCUT2D eigenvalue weighted by Gasteiger charge is 2.08. The van der Waals surface area contributed by atoms with Crippen LogP contribution in [0.3, 0.4) is 0 Å². The number of halogens is 1. The summed E-state index contributed by atoms with van der Waals surface area (Å²) in [4.78, 5) is 4.28. The lowest BCUT2D eigenvalue weighted by atomic mass is 10.3. The van der Waals surface area contributed by atoms with Crippen molar-refractivity contribution in [3.05, 3.63) is 66.7 Å². The number of para-hydroxylation sites is 1. The van der Waals surface area contributed by atoms with Gasteiger partial charge in [-0.2, -0.15) is 0 Å². The number of benzene rings is 2. The van der Waals surface area contributed by atoms with Gasteiger partial charge in [0.05, 0.1) is 13.2 Å². The Morgan fingerprint density at radius 1 is 1.10 bits per heavy atom. The molecular formula is C21H27IN6O2.